The summed E-state index contributed by atoms with van der Waals surface area (Å²) in [5.41, 5.74) is 7.93. The Balaban J connectivity index is 2.18. The molecule has 0 unspecified atom stereocenters. The lowest BCUT2D eigenvalue weighted by atomic mass is 10.1. The summed E-state index contributed by atoms with van der Waals surface area (Å²) in [6.07, 6.45) is 3.47. The van der Waals surface area contributed by atoms with Gasteiger partial charge >= 0.3 is 0 Å². The summed E-state index contributed by atoms with van der Waals surface area (Å²) in [6.45, 7) is 0. The molecule has 3 aromatic rings. The molecule has 0 aliphatic rings. The molecule has 0 saturated carbocycles. The standard InChI is InChI=1S/C15H12N4O/c16-15(20)14-10-12(19-8-4-7-17-19)9-13(18-14)11-5-2-1-3-6-11/h1-10H,(H2,16,20). The smallest absolute Gasteiger partial charge is 0.267 e. The average Bonchev–Trinajstić information content (AvgIpc) is 3.02. The van der Waals surface area contributed by atoms with E-state index in [0.29, 0.717) is 5.69 Å². The van der Waals surface area contributed by atoms with Crippen LogP contribution in [0.25, 0.3) is 16.9 Å². The summed E-state index contributed by atoms with van der Waals surface area (Å²) in [6, 6.07) is 14.9. The first-order chi connectivity index (χ1) is 9.74. The first-order valence-electron chi connectivity index (χ1n) is 6.11. The van der Waals surface area contributed by atoms with E-state index >= 15 is 0 Å². The summed E-state index contributed by atoms with van der Waals surface area (Å²) >= 11 is 0. The van der Waals surface area contributed by atoms with E-state index in [1.807, 2.05) is 42.5 Å². The molecule has 3 rings (SSSR count). The minimum atomic E-state index is -0.559. The Bertz CT molecular complexity index is 736. The van der Waals surface area contributed by atoms with Crippen molar-refractivity contribution in [2.24, 2.45) is 5.73 Å². The summed E-state index contributed by atoms with van der Waals surface area (Å²) in [5, 5.41) is 4.16. The van der Waals surface area contributed by atoms with Gasteiger partial charge in [0.1, 0.15) is 5.69 Å². The number of nitrogens with zero attached hydrogens (tertiary/aromatic N) is 3. The van der Waals surface area contributed by atoms with Crippen LogP contribution in [0.4, 0.5) is 0 Å². The van der Waals surface area contributed by atoms with Crippen molar-refractivity contribution in [2.45, 2.75) is 0 Å². The first kappa shape index (κ1) is 12.1. The van der Waals surface area contributed by atoms with E-state index in [-0.39, 0.29) is 5.69 Å². The molecule has 0 aliphatic carbocycles. The molecular weight excluding hydrogens is 252 g/mol. The molecule has 0 aliphatic heterocycles. The number of pyridine rings is 1. The second-order valence-corrected chi connectivity index (χ2v) is 4.28. The lowest BCUT2D eigenvalue weighted by molar-refractivity contribution is 0.0995. The summed E-state index contributed by atoms with van der Waals surface area (Å²) in [5.74, 6) is -0.559. The number of rotatable bonds is 3. The molecule has 0 bridgehead atoms. The summed E-state index contributed by atoms with van der Waals surface area (Å²) in [4.78, 5) is 15.7. The predicted molar refractivity (Wildman–Crippen MR) is 75.3 cm³/mol. The molecule has 0 radical (unpaired) electrons. The first-order valence-corrected chi connectivity index (χ1v) is 6.11. The van der Waals surface area contributed by atoms with Crippen molar-refractivity contribution < 1.29 is 4.79 Å². The topological polar surface area (TPSA) is 73.8 Å². The fraction of sp³-hybridized carbons (Fsp3) is 0. The highest BCUT2D eigenvalue weighted by Crippen LogP contribution is 2.20. The SMILES string of the molecule is NC(=O)c1cc(-n2cccn2)cc(-c2ccccc2)n1. The number of aromatic nitrogens is 3. The normalized spacial score (nSPS) is 10.4. The van der Waals surface area contributed by atoms with Crippen LogP contribution in [0.1, 0.15) is 10.5 Å². The number of hydrogen-bond acceptors (Lipinski definition) is 3. The number of amides is 1. The van der Waals surface area contributed by atoms with Gasteiger partial charge in [0.2, 0.25) is 0 Å². The lowest BCUT2D eigenvalue weighted by Gasteiger charge is -2.07. The molecule has 98 valence electrons. The lowest BCUT2D eigenvalue weighted by Crippen LogP contribution is -2.14. The second kappa shape index (κ2) is 4.97. The molecule has 5 nitrogen and oxygen atoms in total. The average molecular weight is 264 g/mol. The zero-order chi connectivity index (χ0) is 13.9. The van der Waals surface area contributed by atoms with Crippen molar-refractivity contribution in [3.63, 3.8) is 0 Å². The number of nitrogens with two attached hydrogens (primary N) is 1. The van der Waals surface area contributed by atoms with E-state index in [1.54, 1.807) is 23.1 Å². The molecule has 1 amide bonds. The third-order valence-electron chi connectivity index (χ3n) is 2.90. The van der Waals surface area contributed by atoms with Gasteiger partial charge in [-0.1, -0.05) is 30.3 Å². The van der Waals surface area contributed by atoms with Crippen LogP contribution in [0.15, 0.2) is 60.9 Å². The largest absolute Gasteiger partial charge is 0.364 e. The van der Waals surface area contributed by atoms with Gasteiger partial charge in [0.25, 0.3) is 5.91 Å². The Labute approximate surface area is 115 Å². The van der Waals surface area contributed by atoms with Crippen molar-refractivity contribution in [3.05, 3.63) is 66.6 Å². The van der Waals surface area contributed by atoms with Gasteiger partial charge < -0.3 is 5.73 Å². The highest BCUT2D eigenvalue weighted by Gasteiger charge is 2.10. The third kappa shape index (κ3) is 2.29. The molecule has 0 saturated heterocycles. The van der Waals surface area contributed by atoms with Gasteiger partial charge in [-0.3, -0.25) is 4.79 Å². The van der Waals surface area contributed by atoms with Crippen molar-refractivity contribution in [3.8, 4) is 16.9 Å². The molecule has 5 heteroatoms. The van der Waals surface area contributed by atoms with Crippen LogP contribution in [0.3, 0.4) is 0 Å². The molecule has 0 fully saturated rings. The maximum atomic E-state index is 11.4. The van der Waals surface area contributed by atoms with Crippen molar-refractivity contribution in [2.75, 3.05) is 0 Å². The Morgan fingerprint density at radius 2 is 1.90 bits per heavy atom. The van der Waals surface area contributed by atoms with E-state index < -0.39 is 5.91 Å². The number of carbonyl (C=O) groups is 1. The van der Waals surface area contributed by atoms with Gasteiger partial charge in [-0.05, 0) is 18.2 Å². The van der Waals surface area contributed by atoms with Crippen LogP contribution in [0.5, 0.6) is 0 Å². The van der Waals surface area contributed by atoms with Crippen LogP contribution in [0.2, 0.25) is 0 Å². The van der Waals surface area contributed by atoms with Crippen LogP contribution in [-0.4, -0.2) is 20.7 Å². The summed E-state index contributed by atoms with van der Waals surface area (Å²) < 4.78 is 1.67. The highest BCUT2D eigenvalue weighted by atomic mass is 16.1. The van der Waals surface area contributed by atoms with Crippen LogP contribution in [-0.2, 0) is 0 Å². The third-order valence-corrected chi connectivity index (χ3v) is 2.90. The zero-order valence-corrected chi connectivity index (χ0v) is 10.6. The van der Waals surface area contributed by atoms with E-state index in [4.69, 9.17) is 5.73 Å². The molecule has 2 N–H and O–H groups in total. The van der Waals surface area contributed by atoms with Crippen LogP contribution < -0.4 is 5.73 Å². The maximum Gasteiger partial charge on any atom is 0.267 e. The van der Waals surface area contributed by atoms with Crippen molar-refractivity contribution in [1.29, 1.82) is 0 Å². The van der Waals surface area contributed by atoms with Crippen molar-refractivity contribution in [1.82, 2.24) is 14.8 Å². The Kier molecular flexibility index (Phi) is 3.01. The number of carbonyl (C=O) groups excluding carboxylic acids is 1. The molecule has 20 heavy (non-hydrogen) atoms. The van der Waals surface area contributed by atoms with E-state index in [1.165, 1.54) is 0 Å². The zero-order valence-electron chi connectivity index (χ0n) is 10.6. The monoisotopic (exact) mass is 264 g/mol. The van der Waals surface area contributed by atoms with Gasteiger partial charge in [0, 0.05) is 18.0 Å². The minimum Gasteiger partial charge on any atom is -0.364 e. The minimum absolute atomic E-state index is 0.219. The molecule has 2 heterocycles. The number of benzene rings is 1. The fourth-order valence-electron chi connectivity index (χ4n) is 1.95. The maximum absolute atomic E-state index is 11.4. The molecule has 2 aromatic heterocycles. The number of primary amides is 1. The quantitative estimate of drug-likeness (QED) is 0.786. The van der Waals surface area contributed by atoms with E-state index in [2.05, 4.69) is 10.1 Å². The van der Waals surface area contributed by atoms with E-state index in [0.717, 1.165) is 11.3 Å². The Morgan fingerprint density at radius 3 is 2.55 bits per heavy atom. The van der Waals surface area contributed by atoms with Crippen LogP contribution >= 0.6 is 0 Å². The molecule has 0 atom stereocenters. The summed E-state index contributed by atoms with van der Waals surface area (Å²) in [7, 11) is 0. The molecular formula is C15H12N4O. The molecule has 1 aromatic carbocycles. The predicted octanol–water partition coefficient (Wildman–Crippen LogP) is 2.03. The van der Waals surface area contributed by atoms with Crippen molar-refractivity contribution >= 4 is 5.91 Å². The fourth-order valence-corrected chi connectivity index (χ4v) is 1.95. The number of hydrogen-bond donors (Lipinski definition) is 1. The van der Waals surface area contributed by atoms with Gasteiger partial charge in [-0.2, -0.15) is 5.10 Å². The Hall–Kier alpha value is -2.95. The second-order valence-electron chi connectivity index (χ2n) is 4.28. The van der Waals surface area contributed by atoms with Crippen LogP contribution in [0, 0.1) is 0 Å². The van der Waals surface area contributed by atoms with Gasteiger partial charge in [-0.15, -0.1) is 0 Å². The van der Waals surface area contributed by atoms with Gasteiger partial charge in [0.05, 0.1) is 11.4 Å². The van der Waals surface area contributed by atoms with Gasteiger partial charge in [0.15, 0.2) is 0 Å². The van der Waals surface area contributed by atoms with Gasteiger partial charge in [-0.25, -0.2) is 9.67 Å². The van der Waals surface area contributed by atoms with E-state index in [9.17, 15) is 4.79 Å². The highest BCUT2D eigenvalue weighted by molar-refractivity contribution is 5.92. The Morgan fingerprint density at radius 1 is 1.10 bits per heavy atom. The molecule has 0 spiro atoms.